The van der Waals surface area contributed by atoms with Crippen molar-refractivity contribution in [1.29, 1.82) is 0 Å². The zero-order valence-electron chi connectivity index (χ0n) is 14.7. The van der Waals surface area contributed by atoms with Crippen LogP contribution in [0.2, 0.25) is 0 Å². The van der Waals surface area contributed by atoms with Crippen molar-refractivity contribution in [1.82, 2.24) is 9.80 Å². The van der Waals surface area contributed by atoms with Gasteiger partial charge in [-0.3, -0.25) is 9.59 Å². The van der Waals surface area contributed by atoms with Crippen molar-refractivity contribution in [3.63, 3.8) is 0 Å². The first-order valence-corrected chi connectivity index (χ1v) is 7.97. The Morgan fingerprint density at radius 1 is 1.04 bits per heavy atom. The van der Waals surface area contributed by atoms with Gasteiger partial charge in [0.25, 0.3) is 5.91 Å². The molecule has 0 spiro atoms. The topological polar surface area (TPSA) is 49.9 Å². The summed E-state index contributed by atoms with van der Waals surface area (Å²) >= 11 is 0. The maximum atomic E-state index is 12.9. The lowest BCUT2D eigenvalue weighted by Crippen LogP contribution is -2.50. The van der Waals surface area contributed by atoms with Crippen LogP contribution in [0.15, 0.2) is 18.2 Å². The first-order valence-electron chi connectivity index (χ1n) is 7.97. The van der Waals surface area contributed by atoms with E-state index >= 15 is 0 Å². The predicted octanol–water partition coefficient (Wildman–Crippen LogP) is 2.30. The lowest BCUT2D eigenvalue weighted by atomic mass is 9.86. The predicted molar refractivity (Wildman–Crippen MR) is 89.9 cm³/mol. The van der Waals surface area contributed by atoms with Crippen LogP contribution in [0, 0.1) is 0 Å². The maximum absolute atomic E-state index is 12.9. The minimum atomic E-state index is -0.0331. The van der Waals surface area contributed by atoms with E-state index in [2.05, 4.69) is 20.8 Å². The zero-order chi connectivity index (χ0) is 17.2. The quantitative estimate of drug-likeness (QED) is 0.841. The Morgan fingerprint density at radius 3 is 2.09 bits per heavy atom. The normalized spacial score (nSPS) is 15.5. The molecule has 0 saturated carbocycles. The number of carbonyl (C=O) groups is 2. The number of benzene rings is 1. The summed E-state index contributed by atoms with van der Waals surface area (Å²) < 4.78 is 5.37. The van der Waals surface area contributed by atoms with Crippen LogP contribution in [0.4, 0.5) is 0 Å². The van der Waals surface area contributed by atoms with Crippen molar-refractivity contribution in [3.05, 3.63) is 29.3 Å². The highest BCUT2D eigenvalue weighted by atomic mass is 16.5. The minimum absolute atomic E-state index is 0.0313. The van der Waals surface area contributed by atoms with Crippen LogP contribution in [0.5, 0.6) is 5.75 Å². The molecule has 0 atom stereocenters. The van der Waals surface area contributed by atoms with Crippen LogP contribution in [0.1, 0.15) is 43.6 Å². The number of piperazine rings is 1. The van der Waals surface area contributed by atoms with E-state index < -0.39 is 0 Å². The molecule has 1 aromatic rings. The second-order valence-electron chi connectivity index (χ2n) is 6.96. The number of hydrogen-bond acceptors (Lipinski definition) is 3. The molecule has 0 aliphatic carbocycles. The van der Waals surface area contributed by atoms with Gasteiger partial charge in [0.05, 0.1) is 12.7 Å². The van der Waals surface area contributed by atoms with E-state index in [1.807, 2.05) is 18.2 Å². The Labute approximate surface area is 138 Å². The summed E-state index contributed by atoms with van der Waals surface area (Å²) in [5, 5.41) is 0. The van der Waals surface area contributed by atoms with E-state index in [1.54, 1.807) is 23.8 Å². The Bertz CT molecular complexity index is 597. The van der Waals surface area contributed by atoms with Crippen LogP contribution in [-0.2, 0) is 10.2 Å². The molecule has 1 aliphatic heterocycles. The molecule has 1 heterocycles. The van der Waals surface area contributed by atoms with Gasteiger partial charge in [0, 0.05) is 33.1 Å². The molecule has 0 bridgehead atoms. The fraction of sp³-hybridized carbons (Fsp3) is 0.556. The molecule has 5 heteroatoms. The van der Waals surface area contributed by atoms with E-state index in [0.717, 1.165) is 5.56 Å². The van der Waals surface area contributed by atoms with Crippen LogP contribution < -0.4 is 4.74 Å². The maximum Gasteiger partial charge on any atom is 0.257 e. The molecule has 1 aliphatic rings. The molecule has 0 unspecified atom stereocenters. The molecule has 0 N–H and O–H groups in total. The first kappa shape index (κ1) is 17.3. The third kappa shape index (κ3) is 3.84. The average Bonchev–Trinajstić information content (AvgIpc) is 2.52. The van der Waals surface area contributed by atoms with Crippen LogP contribution in [0.3, 0.4) is 0 Å². The van der Waals surface area contributed by atoms with Gasteiger partial charge >= 0.3 is 0 Å². The fourth-order valence-electron chi connectivity index (χ4n) is 2.74. The Balaban J connectivity index is 2.23. The van der Waals surface area contributed by atoms with Crippen LogP contribution in [-0.4, -0.2) is 54.9 Å². The summed E-state index contributed by atoms with van der Waals surface area (Å²) in [6.45, 7) is 10.2. The monoisotopic (exact) mass is 318 g/mol. The van der Waals surface area contributed by atoms with Crippen molar-refractivity contribution >= 4 is 11.8 Å². The number of rotatable bonds is 2. The highest BCUT2D eigenvalue weighted by Crippen LogP contribution is 2.29. The number of methoxy groups -OCH3 is 1. The first-order chi connectivity index (χ1) is 10.7. The van der Waals surface area contributed by atoms with Gasteiger partial charge in [-0.25, -0.2) is 0 Å². The van der Waals surface area contributed by atoms with Gasteiger partial charge < -0.3 is 14.5 Å². The lowest BCUT2D eigenvalue weighted by Gasteiger charge is -2.34. The second-order valence-corrected chi connectivity index (χ2v) is 6.96. The average molecular weight is 318 g/mol. The van der Waals surface area contributed by atoms with Crippen molar-refractivity contribution in [2.45, 2.75) is 33.1 Å². The third-order valence-electron chi connectivity index (χ3n) is 4.31. The van der Waals surface area contributed by atoms with E-state index in [4.69, 9.17) is 4.74 Å². The zero-order valence-corrected chi connectivity index (χ0v) is 14.7. The van der Waals surface area contributed by atoms with Gasteiger partial charge in [-0.2, -0.15) is 0 Å². The second kappa shape index (κ2) is 6.60. The molecular formula is C18H26N2O3. The molecular weight excluding hydrogens is 292 g/mol. The minimum Gasteiger partial charge on any atom is -0.496 e. The Morgan fingerprint density at radius 2 is 1.61 bits per heavy atom. The molecule has 5 nitrogen and oxygen atoms in total. The Hall–Kier alpha value is -2.04. The molecule has 1 fully saturated rings. The molecule has 1 aromatic carbocycles. The van der Waals surface area contributed by atoms with E-state index in [-0.39, 0.29) is 17.2 Å². The highest BCUT2D eigenvalue weighted by molar-refractivity contribution is 5.97. The van der Waals surface area contributed by atoms with Crippen molar-refractivity contribution < 1.29 is 14.3 Å². The Kier molecular flexibility index (Phi) is 4.97. The molecule has 2 amide bonds. The van der Waals surface area contributed by atoms with Crippen LogP contribution in [0.25, 0.3) is 0 Å². The van der Waals surface area contributed by atoms with Gasteiger partial charge in [-0.15, -0.1) is 0 Å². The molecule has 1 saturated heterocycles. The largest absolute Gasteiger partial charge is 0.496 e. The SMILES string of the molecule is COc1ccc(C(C)(C)C)cc1C(=O)N1CCN(C(C)=O)CC1. The molecule has 0 aromatic heterocycles. The van der Waals surface area contributed by atoms with Gasteiger partial charge in [0.1, 0.15) is 5.75 Å². The number of carbonyl (C=O) groups excluding carboxylic acids is 2. The number of hydrogen-bond donors (Lipinski definition) is 0. The smallest absolute Gasteiger partial charge is 0.257 e. The van der Waals surface area contributed by atoms with E-state index in [0.29, 0.717) is 37.5 Å². The highest BCUT2D eigenvalue weighted by Gasteiger charge is 2.26. The number of ether oxygens (including phenoxy) is 1. The summed E-state index contributed by atoms with van der Waals surface area (Å²) in [6.07, 6.45) is 0. The summed E-state index contributed by atoms with van der Waals surface area (Å²) in [4.78, 5) is 27.8. The fourth-order valence-corrected chi connectivity index (χ4v) is 2.74. The summed E-state index contributed by atoms with van der Waals surface area (Å²) in [6, 6.07) is 5.79. The molecule has 0 radical (unpaired) electrons. The lowest BCUT2D eigenvalue weighted by molar-refractivity contribution is -0.130. The summed E-state index contributed by atoms with van der Waals surface area (Å²) in [5.41, 5.74) is 1.66. The number of nitrogens with zero attached hydrogens (tertiary/aromatic N) is 2. The summed E-state index contributed by atoms with van der Waals surface area (Å²) in [7, 11) is 1.58. The molecule has 126 valence electrons. The van der Waals surface area contributed by atoms with E-state index in [1.165, 1.54) is 0 Å². The van der Waals surface area contributed by atoms with Gasteiger partial charge in [0.15, 0.2) is 0 Å². The van der Waals surface area contributed by atoms with Gasteiger partial charge in [-0.1, -0.05) is 26.8 Å². The van der Waals surface area contributed by atoms with E-state index in [9.17, 15) is 9.59 Å². The van der Waals surface area contributed by atoms with Crippen molar-refractivity contribution in [2.75, 3.05) is 33.3 Å². The van der Waals surface area contributed by atoms with Crippen molar-refractivity contribution in [2.24, 2.45) is 0 Å². The summed E-state index contributed by atoms with van der Waals surface area (Å²) in [5.74, 6) is 0.623. The standard InChI is InChI=1S/C18H26N2O3/c1-13(21)19-8-10-20(11-9-19)17(22)15-12-14(18(2,3)4)6-7-16(15)23-5/h6-7,12H,8-11H2,1-5H3. The molecule has 23 heavy (non-hydrogen) atoms. The van der Waals surface area contributed by atoms with Gasteiger partial charge in [-0.05, 0) is 23.1 Å². The van der Waals surface area contributed by atoms with Gasteiger partial charge in [0.2, 0.25) is 5.91 Å². The third-order valence-corrected chi connectivity index (χ3v) is 4.31. The van der Waals surface area contributed by atoms with Crippen LogP contribution >= 0.6 is 0 Å². The number of amides is 2. The van der Waals surface area contributed by atoms with Crippen molar-refractivity contribution in [3.8, 4) is 5.75 Å². The molecule has 2 rings (SSSR count).